The van der Waals surface area contributed by atoms with E-state index in [1.165, 1.54) is 18.2 Å². The number of halogens is 2. The van der Waals surface area contributed by atoms with Gasteiger partial charge in [-0.25, -0.2) is 18.7 Å². The third kappa shape index (κ3) is 3.24. The monoisotopic (exact) mass is 456 g/mol. The fourth-order valence-electron chi connectivity index (χ4n) is 5.30. The van der Waals surface area contributed by atoms with E-state index in [4.69, 9.17) is 10.2 Å². The van der Waals surface area contributed by atoms with E-state index in [-0.39, 0.29) is 16.7 Å². The van der Waals surface area contributed by atoms with Gasteiger partial charge in [-0.1, -0.05) is 12.1 Å². The van der Waals surface area contributed by atoms with E-state index in [0.29, 0.717) is 22.6 Å². The number of hydrogen-bond donors (Lipinski definition) is 1. The molecule has 170 valence electrons. The van der Waals surface area contributed by atoms with Crippen molar-refractivity contribution >= 4 is 16.9 Å². The Morgan fingerprint density at radius 3 is 2.68 bits per heavy atom. The summed E-state index contributed by atoms with van der Waals surface area (Å²) in [6.45, 7) is 3.88. The summed E-state index contributed by atoms with van der Waals surface area (Å²) in [4.78, 5) is 11.8. The van der Waals surface area contributed by atoms with Crippen LogP contribution in [0.5, 0.6) is 0 Å². The summed E-state index contributed by atoms with van der Waals surface area (Å²) in [5.41, 5.74) is 3.04. The first kappa shape index (κ1) is 20.8. The van der Waals surface area contributed by atoms with E-state index in [0.717, 1.165) is 44.7 Å². The topological polar surface area (TPSA) is 69.8 Å². The minimum Gasteiger partial charge on any atom is -0.369 e. The molecule has 4 heterocycles. The maximum absolute atomic E-state index is 15.0. The average molecular weight is 456 g/mol. The van der Waals surface area contributed by atoms with Crippen LogP contribution in [-0.2, 0) is 0 Å². The molecule has 2 aromatic carbocycles. The molecule has 2 fully saturated rings. The Morgan fingerprint density at radius 2 is 1.91 bits per heavy atom. The summed E-state index contributed by atoms with van der Waals surface area (Å²) < 4.78 is 31.1. The van der Waals surface area contributed by atoms with Crippen LogP contribution in [0.3, 0.4) is 0 Å². The number of rotatable bonds is 3. The van der Waals surface area contributed by atoms with Gasteiger partial charge in [-0.3, -0.25) is 4.57 Å². The van der Waals surface area contributed by atoms with Gasteiger partial charge in [-0.05, 0) is 55.8 Å². The fourth-order valence-corrected chi connectivity index (χ4v) is 5.30. The van der Waals surface area contributed by atoms with Crippen molar-refractivity contribution in [2.75, 3.05) is 31.1 Å². The molecule has 2 aliphatic heterocycles. The summed E-state index contributed by atoms with van der Waals surface area (Å²) in [5.74, 6) is -0.697. The Kier molecular flexibility index (Phi) is 4.82. The van der Waals surface area contributed by atoms with E-state index in [2.05, 4.69) is 15.2 Å². The van der Waals surface area contributed by atoms with Crippen molar-refractivity contribution in [2.24, 2.45) is 5.41 Å². The predicted molar refractivity (Wildman–Crippen MR) is 126 cm³/mol. The molecule has 1 atom stereocenters. The van der Waals surface area contributed by atoms with Gasteiger partial charge in [0.05, 0.1) is 16.9 Å². The first-order valence-electron chi connectivity index (χ1n) is 11.4. The van der Waals surface area contributed by atoms with E-state index < -0.39 is 11.6 Å². The summed E-state index contributed by atoms with van der Waals surface area (Å²) >= 11 is 0. The van der Waals surface area contributed by atoms with Gasteiger partial charge in [0.1, 0.15) is 29.0 Å². The van der Waals surface area contributed by atoms with Crippen molar-refractivity contribution in [1.82, 2.24) is 19.9 Å². The number of benzene rings is 2. The molecule has 0 amide bonds. The molecule has 1 unspecified atom stereocenters. The summed E-state index contributed by atoms with van der Waals surface area (Å²) in [5, 5.41) is 12.6. The van der Waals surface area contributed by atoms with E-state index in [1.54, 1.807) is 35.0 Å². The zero-order valence-electron chi connectivity index (χ0n) is 18.4. The highest BCUT2D eigenvalue weighted by atomic mass is 19.1. The molecule has 6 rings (SSSR count). The molecule has 0 radical (unpaired) electrons. The van der Waals surface area contributed by atoms with Gasteiger partial charge in [-0.2, -0.15) is 5.26 Å². The van der Waals surface area contributed by atoms with Gasteiger partial charge in [0.2, 0.25) is 0 Å². The van der Waals surface area contributed by atoms with E-state index >= 15 is 0 Å². The number of nitrogens with one attached hydrogen (secondary N) is 1. The lowest BCUT2D eigenvalue weighted by Gasteiger charge is -2.24. The van der Waals surface area contributed by atoms with Crippen LogP contribution in [0.1, 0.15) is 18.4 Å². The number of nitriles is 1. The number of aromatic nitrogens is 3. The number of para-hydroxylation sites is 1. The zero-order valence-corrected chi connectivity index (χ0v) is 18.4. The Balaban J connectivity index is 1.56. The van der Waals surface area contributed by atoms with E-state index in [1.807, 2.05) is 12.1 Å². The van der Waals surface area contributed by atoms with Crippen molar-refractivity contribution in [3.63, 3.8) is 0 Å². The van der Waals surface area contributed by atoms with Crippen LogP contribution < -0.4 is 10.2 Å². The van der Waals surface area contributed by atoms with Crippen LogP contribution in [-0.4, -0.2) is 40.7 Å². The molecular weight excluding hydrogens is 434 g/mol. The third-order valence-corrected chi connectivity index (χ3v) is 7.08. The van der Waals surface area contributed by atoms with Gasteiger partial charge in [-0.15, -0.1) is 0 Å². The number of pyridine rings is 1. The van der Waals surface area contributed by atoms with Crippen molar-refractivity contribution in [2.45, 2.75) is 12.8 Å². The van der Waals surface area contributed by atoms with Gasteiger partial charge < -0.3 is 10.2 Å². The fraction of sp³-hybridized carbons (Fsp3) is 0.269. The van der Waals surface area contributed by atoms with Crippen molar-refractivity contribution in [1.29, 1.82) is 5.26 Å². The van der Waals surface area contributed by atoms with Gasteiger partial charge in [0.15, 0.2) is 5.65 Å². The minimum absolute atomic E-state index is 0.0522. The third-order valence-electron chi connectivity index (χ3n) is 7.08. The van der Waals surface area contributed by atoms with Crippen molar-refractivity contribution in [3.8, 4) is 23.1 Å². The summed E-state index contributed by atoms with van der Waals surface area (Å²) in [7, 11) is 0. The second-order valence-electron chi connectivity index (χ2n) is 9.13. The number of imidazole rings is 1. The Bertz CT molecular complexity index is 1450. The lowest BCUT2D eigenvalue weighted by Crippen LogP contribution is -2.29. The first-order valence-corrected chi connectivity index (χ1v) is 11.4. The van der Waals surface area contributed by atoms with E-state index in [9.17, 15) is 8.78 Å². The molecule has 2 saturated heterocycles. The van der Waals surface area contributed by atoms with Crippen LogP contribution >= 0.6 is 0 Å². The molecule has 8 heteroatoms. The standard InChI is InChI=1S/C26H22F2N6/c27-19-3-1-2-4-21(19)34-24(17-5-6-18(14-29)20(28)13-17)32-23-22(7-10-31-25(23)34)33-12-9-26(16-33)8-11-30-15-26/h1-7,10,13,30H,8-9,11-12,15-16H2. The Hall–Kier alpha value is -3.83. The van der Waals surface area contributed by atoms with Gasteiger partial charge >= 0.3 is 0 Å². The molecule has 1 spiro atoms. The Labute approximate surface area is 195 Å². The van der Waals surface area contributed by atoms with Gasteiger partial charge in [0, 0.05) is 36.8 Å². The van der Waals surface area contributed by atoms with Crippen LogP contribution in [0.4, 0.5) is 14.5 Å². The summed E-state index contributed by atoms with van der Waals surface area (Å²) in [6.07, 6.45) is 3.97. The molecule has 1 N–H and O–H groups in total. The van der Waals surface area contributed by atoms with Crippen molar-refractivity contribution < 1.29 is 8.78 Å². The molecule has 34 heavy (non-hydrogen) atoms. The molecule has 6 nitrogen and oxygen atoms in total. The summed E-state index contributed by atoms with van der Waals surface area (Å²) in [6, 6.07) is 14.5. The Morgan fingerprint density at radius 1 is 1.03 bits per heavy atom. The largest absolute Gasteiger partial charge is 0.369 e. The molecule has 2 aliphatic rings. The zero-order chi connectivity index (χ0) is 23.3. The highest BCUT2D eigenvalue weighted by Gasteiger charge is 2.41. The second kappa shape index (κ2) is 7.89. The number of fused-ring (bicyclic) bond motifs is 1. The highest BCUT2D eigenvalue weighted by Crippen LogP contribution is 2.41. The second-order valence-corrected chi connectivity index (χ2v) is 9.13. The number of anilines is 1. The number of nitrogens with zero attached hydrogens (tertiary/aromatic N) is 5. The maximum atomic E-state index is 15.0. The maximum Gasteiger partial charge on any atom is 0.167 e. The molecule has 0 bridgehead atoms. The molecule has 0 aliphatic carbocycles. The van der Waals surface area contributed by atoms with Crippen molar-refractivity contribution in [3.05, 3.63) is 71.9 Å². The average Bonchev–Trinajstić information content (AvgIpc) is 3.58. The molecular formula is C26H22F2N6. The first-order chi connectivity index (χ1) is 16.6. The molecule has 2 aromatic heterocycles. The van der Waals surface area contributed by atoms with Crippen LogP contribution in [0.2, 0.25) is 0 Å². The van der Waals surface area contributed by atoms with Crippen LogP contribution in [0, 0.1) is 28.4 Å². The molecule has 4 aromatic rings. The lowest BCUT2D eigenvalue weighted by molar-refractivity contribution is 0.369. The quantitative estimate of drug-likeness (QED) is 0.494. The van der Waals surface area contributed by atoms with Crippen LogP contribution in [0.15, 0.2) is 54.7 Å². The van der Waals surface area contributed by atoms with Crippen LogP contribution in [0.25, 0.3) is 28.2 Å². The minimum atomic E-state index is -0.643. The van der Waals surface area contributed by atoms with Gasteiger partial charge in [0.25, 0.3) is 0 Å². The predicted octanol–water partition coefficient (Wildman–Crippen LogP) is 4.43. The SMILES string of the molecule is N#Cc1ccc(-c2nc3c(N4CCC5(CCNC5)C4)ccnc3n2-c2ccccc2F)cc1F. The smallest absolute Gasteiger partial charge is 0.167 e. The lowest BCUT2D eigenvalue weighted by atomic mass is 9.86. The number of hydrogen-bond acceptors (Lipinski definition) is 5. The normalized spacial score (nSPS) is 19.9. The molecule has 0 saturated carbocycles. The highest BCUT2D eigenvalue weighted by molar-refractivity contribution is 5.90.